The molecule has 0 unspecified atom stereocenters. The molecule has 0 saturated carbocycles. The van der Waals surface area contributed by atoms with Gasteiger partial charge in [0.25, 0.3) is 0 Å². The number of benzene rings is 1. The molecule has 0 aliphatic carbocycles. The molecule has 0 bridgehead atoms. The summed E-state index contributed by atoms with van der Waals surface area (Å²) in [5.41, 5.74) is 0.442. The fraction of sp³-hybridized carbons (Fsp3) is 0.278. The molecule has 1 aromatic heterocycles. The third-order valence-corrected chi connectivity index (χ3v) is 4.30. The lowest BCUT2D eigenvalue weighted by atomic mass is 10.1. The third-order valence-electron chi connectivity index (χ3n) is 4.30. The lowest BCUT2D eigenvalue weighted by Gasteiger charge is -2.14. The van der Waals surface area contributed by atoms with Gasteiger partial charge in [-0.3, -0.25) is 9.59 Å². The summed E-state index contributed by atoms with van der Waals surface area (Å²) in [5.74, 6) is 1.38. The molecule has 4 rings (SSSR count). The number of carbonyl (C=O) groups is 2. The first-order chi connectivity index (χ1) is 12.6. The molecule has 1 fully saturated rings. The highest BCUT2D eigenvalue weighted by Gasteiger charge is 2.32. The largest absolute Gasteiger partial charge is 0.454 e. The maximum absolute atomic E-state index is 12.5. The Morgan fingerprint density at radius 3 is 2.96 bits per heavy atom. The lowest BCUT2D eigenvalue weighted by molar-refractivity contribution is -0.127. The van der Waals surface area contributed by atoms with Crippen LogP contribution in [0.25, 0.3) is 0 Å². The van der Waals surface area contributed by atoms with Crippen molar-refractivity contribution in [2.24, 2.45) is 5.92 Å². The molecule has 2 aliphatic heterocycles. The molecule has 2 aromatic rings. The van der Waals surface area contributed by atoms with Gasteiger partial charge in [0.15, 0.2) is 11.5 Å². The van der Waals surface area contributed by atoms with Gasteiger partial charge in [-0.15, -0.1) is 0 Å². The Balaban J connectivity index is 1.50. The van der Waals surface area contributed by atoms with Gasteiger partial charge in [0.2, 0.25) is 24.5 Å². The van der Waals surface area contributed by atoms with Crippen molar-refractivity contribution < 1.29 is 23.8 Å². The first-order valence-corrected chi connectivity index (χ1v) is 8.17. The fourth-order valence-corrected chi connectivity index (χ4v) is 2.89. The van der Waals surface area contributed by atoms with Crippen LogP contribution in [0.2, 0.25) is 0 Å². The molecule has 1 saturated heterocycles. The Hall–Kier alpha value is -3.29. The summed E-state index contributed by atoms with van der Waals surface area (Å²) in [4.78, 5) is 29.8. The van der Waals surface area contributed by atoms with E-state index in [1.54, 1.807) is 48.5 Å². The first-order valence-electron chi connectivity index (χ1n) is 8.17. The van der Waals surface area contributed by atoms with Crippen molar-refractivity contribution in [1.29, 1.82) is 0 Å². The molecular weight excluding hydrogens is 338 g/mol. The molecule has 26 heavy (non-hydrogen) atoms. The number of hydrogen-bond acceptors (Lipinski definition) is 6. The highest BCUT2D eigenvalue weighted by Crippen LogP contribution is 2.37. The molecule has 1 atom stereocenters. The van der Waals surface area contributed by atoms with E-state index in [2.05, 4.69) is 10.3 Å². The average Bonchev–Trinajstić information content (AvgIpc) is 3.23. The van der Waals surface area contributed by atoms with Crippen molar-refractivity contribution in [2.75, 3.05) is 25.7 Å². The second kappa shape index (κ2) is 6.55. The smallest absolute Gasteiger partial charge is 0.243 e. The van der Waals surface area contributed by atoms with E-state index in [1.165, 1.54) is 0 Å². The third kappa shape index (κ3) is 3.13. The maximum Gasteiger partial charge on any atom is 0.243 e. The number of amides is 2. The number of likely N-dealkylation sites (tertiary alicyclic amines) is 1. The van der Waals surface area contributed by atoms with E-state index in [0.29, 0.717) is 29.5 Å². The van der Waals surface area contributed by atoms with Crippen LogP contribution in [0.3, 0.4) is 0 Å². The standard InChI is InChI=1S/C18H17N3O5/c1-21-9-11(7-16(21)22)17(23)20-13-3-2-6-19-18(13)26-12-4-5-14-15(8-12)25-10-24-14/h2-6,8,11H,7,9-10H2,1H3,(H,20,23)/t11-/m0/s1. The summed E-state index contributed by atoms with van der Waals surface area (Å²) in [6, 6.07) is 8.59. The van der Waals surface area contributed by atoms with Crippen LogP contribution < -0.4 is 19.5 Å². The van der Waals surface area contributed by atoms with Crippen molar-refractivity contribution in [1.82, 2.24) is 9.88 Å². The summed E-state index contributed by atoms with van der Waals surface area (Å²) < 4.78 is 16.4. The number of anilines is 1. The molecule has 1 N–H and O–H groups in total. The minimum atomic E-state index is -0.383. The van der Waals surface area contributed by atoms with Gasteiger partial charge in [-0.25, -0.2) is 4.98 Å². The summed E-state index contributed by atoms with van der Waals surface area (Å²) in [6.07, 6.45) is 1.78. The van der Waals surface area contributed by atoms with Crippen LogP contribution in [0.5, 0.6) is 23.1 Å². The van der Waals surface area contributed by atoms with Crippen molar-refractivity contribution in [3.8, 4) is 23.1 Å². The SMILES string of the molecule is CN1C[C@@H](C(=O)Nc2cccnc2Oc2ccc3c(c2)OCO3)CC1=O. The van der Waals surface area contributed by atoms with Crippen LogP contribution in [-0.2, 0) is 9.59 Å². The summed E-state index contributed by atoms with van der Waals surface area (Å²) in [5, 5.41) is 2.80. The number of ether oxygens (including phenoxy) is 3. The molecular formula is C18H17N3O5. The van der Waals surface area contributed by atoms with E-state index >= 15 is 0 Å². The Bertz CT molecular complexity index is 870. The van der Waals surface area contributed by atoms with Crippen LogP contribution in [0, 0.1) is 5.92 Å². The maximum atomic E-state index is 12.5. The Morgan fingerprint density at radius 1 is 1.31 bits per heavy atom. The number of nitrogens with one attached hydrogen (secondary N) is 1. The van der Waals surface area contributed by atoms with Gasteiger partial charge in [-0.2, -0.15) is 0 Å². The number of fused-ring (bicyclic) bond motifs is 1. The van der Waals surface area contributed by atoms with Gasteiger partial charge in [0.1, 0.15) is 11.4 Å². The Morgan fingerprint density at radius 2 is 2.15 bits per heavy atom. The molecule has 0 radical (unpaired) electrons. The number of hydrogen-bond donors (Lipinski definition) is 1. The van der Waals surface area contributed by atoms with E-state index in [0.717, 1.165) is 0 Å². The quantitative estimate of drug-likeness (QED) is 0.902. The number of carbonyl (C=O) groups excluding carboxylic acids is 2. The average molecular weight is 355 g/mol. The van der Waals surface area contributed by atoms with Crippen molar-refractivity contribution in [2.45, 2.75) is 6.42 Å². The van der Waals surface area contributed by atoms with Crippen molar-refractivity contribution in [3.63, 3.8) is 0 Å². The van der Waals surface area contributed by atoms with E-state index in [9.17, 15) is 9.59 Å². The van der Waals surface area contributed by atoms with Crippen LogP contribution in [-0.4, -0.2) is 42.1 Å². The molecule has 2 aliphatic rings. The fourth-order valence-electron chi connectivity index (χ4n) is 2.89. The first kappa shape index (κ1) is 16.2. The van der Waals surface area contributed by atoms with Gasteiger partial charge < -0.3 is 24.4 Å². The topological polar surface area (TPSA) is 90.0 Å². The predicted molar refractivity (Wildman–Crippen MR) is 91.2 cm³/mol. The van der Waals surface area contributed by atoms with Gasteiger partial charge in [-0.05, 0) is 24.3 Å². The Labute approximate surface area is 149 Å². The summed E-state index contributed by atoms with van der Waals surface area (Å²) in [6.45, 7) is 0.585. The Kier molecular flexibility index (Phi) is 4.08. The van der Waals surface area contributed by atoms with E-state index in [4.69, 9.17) is 14.2 Å². The molecule has 2 amide bonds. The molecule has 3 heterocycles. The number of rotatable bonds is 4. The zero-order valence-corrected chi connectivity index (χ0v) is 14.1. The molecule has 134 valence electrons. The van der Waals surface area contributed by atoms with Gasteiger partial charge in [-0.1, -0.05) is 0 Å². The minimum absolute atomic E-state index is 0.0341. The van der Waals surface area contributed by atoms with Crippen molar-refractivity contribution in [3.05, 3.63) is 36.5 Å². The molecule has 8 nitrogen and oxygen atoms in total. The number of nitrogens with zero attached hydrogens (tertiary/aromatic N) is 2. The molecule has 0 spiro atoms. The monoisotopic (exact) mass is 355 g/mol. The number of pyridine rings is 1. The van der Waals surface area contributed by atoms with Gasteiger partial charge >= 0.3 is 0 Å². The number of aromatic nitrogens is 1. The minimum Gasteiger partial charge on any atom is -0.454 e. The van der Waals surface area contributed by atoms with Crippen LogP contribution in [0.1, 0.15) is 6.42 Å². The molecule has 1 aromatic carbocycles. The molecule has 8 heteroatoms. The summed E-state index contributed by atoms with van der Waals surface area (Å²) in [7, 11) is 1.69. The highest BCUT2D eigenvalue weighted by molar-refractivity contribution is 5.97. The zero-order valence-electron chi connectivity index (χ0n) is 14.1. The highest BCUT2D eigenvalue weighted by atomic mass is 16.7. The zero-order chi connectivity index (χ0) is 18.1. The van der Waals surface area contributed by atoms with Crippen LogP contribution in [0.4, 0.5) is 5.69 Å². The van der Waals surface area contributed by atoms with Gasteiger partial charge in [0.05, 0.1) is 5.92 Å². The van der Waals surface area contributed by atoms with Crippen molar-refractivity contribution >= 4 is 17.5 Å². The van der Waals surface area contributed by atoms with Gasteiger partial charge in [0, 0.05) is 32.3 Å². The summed E-state index contributed by atoms with van der Waals surface area (Å²) >= 11 is 0. The van der Waals surface area contributed by atoms with E-state index < -0.39 is 0 Å². The lowest BCUT2D eigenvalue weighted by Crippen LogP contribution is -2.25. The second-order valence-corrected chi connectivity index (χ2v) is 6.14. The van der Waals surface area contributed by atoms with Crippen LogP contribution in [0.15, 0.2) is 36.5 Å². The van der Waals surface area contributed by atoms with E-state index in [-0.39, 0.29) is 36.8 Å². The predicted octanol–water partition coefficient (Wildman–Crippen LogP) is 2.02. The normalized spacial score (nSPS) is 18.1. The van der Waals surface area contributed by atoms with E-state index in [1.807, 2.05) is 0 Å². The second-order valence-electron chi connectivity index (χ2n) is 6.14. The van der Waals surface area contributed by atoms with Crippen LogP contribution >= 0.6 is 0 Å².